The summed E-state index contributed by atoms with van der Waals surface area (Å²) in [6.45, 7) is 6.10. The van der Waals surface area contributed by atoms with E-state index in [-0.39, 0.29) is 0 Å². The smallest absolute Gasteiger partial charge is 0.0256 e. The Labute approximate surface area is 50.9 Å². The van der Waals surface area contributed by atoms with Crippen molar-refractivity contribution in [1.29, 1.82) is 0 Å². The highest BCUT2D eigenvalue weighted by Gasteiger charge is 2.02. The van der Waals surface area contributed by atoms with Crippen molar-refractivity contribution in [3.05, 3.63) is 24.3 Å². The van der Waals surface area contributed by atoms with Crippen molar-refractivity contribution >= 4 is 0 Å². The van der Waals surface area contributed by atoms with E-state index in [1.54, 1.807) is 0 Å². The number of hydrogen-bond donors (Lipinski definition) is 0. The van der Waals surface area contributed by atoms with Crippen LogP contribution < -0.4 is 0 Å². The predicted octanol–water partition coefficient (Wildman–Crippen LogP) is 2.53. The van der Waals surface area contributed by atoms with E-state index in [4.69, 9.17) is 0 Å². The summed E-state index contributed by atoms with van der Waals surface area (Å²) in [5.74, 6) is 0.778. The Morgan fingerprint density at radius 2 is 2.50 bits per heavy atom. The molecule has 0 unspecified atom stereocenters. The van der Waals surface area contributed by atoms with Gasteiger partial charge in [0.05, 0.1) is 0 Å². The fraction of sp³-hybridized carbons (Fsp3) is 0.500. The van der Waals surface area contributed by atoms with E-state index in [1.807, 2.05) is 0 Å². The lowest BCUT2D eigenvalue weighted by atomic mass is 9.95. The fourth-order valence-corrected chi connectivity index (χ4v) is 0.893. The summed E-state index contributed by atoms with van der Waals surface area (Å²) in [5.41, 5.74) is 1.28. The quantitative estimate of drug-likeness (QED) is 0.447. The van der Waals surface area contributed by atoms with Gasteiger partial charge in [0.25, 0.3) is 0 Å². The van der Waals surface area contributed by atoms with Gasteiger partial charge in [-0.2, -0.15) is 0 Å². The SMILES string of the molecule is C=C1C=C[C@H](C)CC1. The van der Waals surface area contributed by atoms with Gasteiger partial charge in [0.1, 0.15) is 0 Å². The molecule has 1 atom stereocenters. The van der Waals surface area contributed by atoms with Gasteiger partial charge in [0.2, 0.25) is 0 Å². The van der Waals surface area contributed by atoms with E-state index in [1.165, 1.54) is 18.4 Å². The minimum absolute atomic E-state index is 0.778. The van der Waals surface area contributed by atoms with E-state index in [0.29, 0.717) is 0 Å². The van der Waals surface area contributed by atoms with E-state index >= 15 is 0 Å². The van der Waals surface area contributed by atoms with Crippen molar-refractivity contribution in [2.24, 2.45) is 5.92 Å². The third-order valence-corrected chi connectivity index (χ3v) is 1.58. The van der Waals surface area contributed by atoms with Crippen LogP contribution >= 0.6 is 0 Å². The highest BCUT2D eigenvalue weighted by atomic mass is 14.1. The summed E-state index contributed by atoms with van der Waals surface area (Å²) in [6, 6.07) is 0. The molecule has 0 saturated heterocycles. The molecule has 8 heavy (non-hydrogen) atoms. The standard InChI is InChI=1S/C8H12/c1-7-3-5-8(2)6-4-7/h3,5,8H,1,4,6H2,2H3/t8-/m0/s1. The largest absolute Gasteiger partial charge is 0.0958 e. The van der Waals surface area contributed by atoms with Crippen molar-refractivity contribution in [3.63, 3.8) is 0 Å². The summed E-state index contributed by atoms with van der Waals surface area (Å²) >= 11 is 0. The maximum atomic E-state index is 3.86. The minimum atomic E-state index is 0.778. The maximum absolute atomic E-state index is 3.86. The molecule has 0 heteroatoms. The zero-order chi connectivity index (χ0) is 5.98. The number of hydrogen-bond acceptors (Lipinski definition) is 0. The molecule has 0 N–H and O–H groups in total. The van der Waals surface area contributed by atoms with Gasteiger partial charge in [-0.1, -0.05) is 31.2 Å². The lowest BCUT2D eigenvalue weighted by Gasteiger charge is -2.11. The normalized spacial score (nSPS) is 28.6. The topological polar surface area (TPSA) is 0 Å². The Bertz CT molecular complexity index is 120. The molecule has 0 spiro atoms. The minimum Gasteiger partial charge on any atom is -0.0958 e. The van der Waals surface area contributed by atoms with Gasteiger partial charge in [0, 0.05) is 0 Å². The molecular weight excluding hydrogens is 96.1 g/mol. The summed E-state index contributed by atoms with van der Waals surface area (Å²) < 4.78 is 0. The Morgan fingerprint density at radius 3 is 2.88 bits per heavy atom. The first-order valence-electron chi connectivity index (χ1n) is 3.15. The molecule has 0 nitrogen and oxygen atoms in total. The van der Waals surface area contributed by atoms with Gasteiger partial charge in [-0.05, 0) is 18.8 Å². The molecule has 0 aromatic heterocycles. The van der Waals surface area contributed by atoms with Crippen molar-refractivity contribution in [1.82, 2.24) is 0 Å². The molecule has 1 aliphatic carbocycles. The summed E-state index contributed by atoms with van der Waals surface area (Å²) in [4.78, 5) is 0. The zero-order valence-corrected chi connectivity index (χ0v) is 5.35. The maximum Gasteiger partial charge on any atom is -0.0256 e. The van der Waals surface area contributed by atoms with Gasteiger partial charge < -0.3 is 0 Å². The number of rotatable bonds is 0. The van der Waals surface area contributed by atoms with E-state index in [0.717, 1.165) is 5.92 Å². The molecule has 0 amide bonds. The second-order valence-corrected chi connectivity index (χ2v) is 2.53. The Hall–Kier alpha value is -0.520. The Morgan fingerprint density at radius 1 is 1.75 bits per heavy atom. The predicted molar refractivity (Wildman–Crippen MR) is 36.7 cm³/mol. The average molecular weight is 108 g/mol. The molecule has 0 saturated carbocycles. The monoisotopic (exact) mass is 108 g/mol. The average Bonchev–Trinajstić information content (AvgIpc) is 1.77. The summed E-state index contributed by atoms with van der Waals surface area (Å²) in [5, 5.41) is 0. The van der Waals surface area contributed by atoms with Crippen LogP contribution in [-0.2, 0) is 0 Å². The highest BCUT2D eigenvalue weighted by Crippen LogP contribution is 2.18. The van der Waals surface area contributed by atoms with Gasteiger partial charge in [-0.3, -0.25) is 0 Å². The molecule has 0 fully saturated rings. The van der Waals surface area contributed by atoms with E-state index < -0.39 is 0 Å². The Kier molecular flexibility index (Phi) is 1.52. The fourth-order valence-electron chi connectivity index (χ4n) is 0.893. The Balaban J connectivity index is 2.55. The van der Waals surface area contributed by atoms with Crippen LogP contribution in [0.1, 0.15) is 19.8 Å². The van der Waals surface area contributed by atoms with Crippen LogP contribution in [0.25, 0.3) is 0 Å². The van der Waals surface area contributed by atoms with Gasteiger partial charge in [0.15, 0.2) is 0 Å². The molecule has 0 aliphatic heterocycles. The molecule has 0 aromatic carbocycles. The van der Waals surface area contributed by atoms with Crippen LogP contribution in [-0.4, -0.2) is 0 Å². The molecule has 1 rings (SSSR count). The van der Waals surface area contributed by atoms with Crippen molar-refractivity contribution in [2.45, 2.75) is 19.8 Å². The van der Waals surface area contributed by atoms with Crippen LogP contribution in [0, 0.1) is 5.92 Å². The summed E-state index contributed by atoms with van der Waals surface area (Å²) in [7, 11) is 0. The van der Waals surface area contributed by atoms with Crippen molar-refractivity contribution in [2.75, 3.05) is 0 Å². The first-order valence-corrected chi connectivity index (χ1v) is 3.15. The lowest BCUT2D eigenvalue weighted by molar-refractivity contribution is 0.632. The lowest BCUT2D eigenvalue weighted by Crippen LogP contribution is -1.95. The van der Waals surface area contributed by atoms with Crippen LogP contribution in [0.4, 0.5) is 0 Å². The van der Waals surface area contributed by atoms with Gasteiger partial charge in [-0.25, -0.2) is 0 Å². The molecule has 0 radical (unpaired) electrons. The highest BCUT2D eigenvalue weighted by molar-refractivity contribution is 5.18. The van der Waals surface area contributed by atoms with Crippen LogP contribution in [0.15, 0.2) is 24.3 Å². The molecular formula is C8H12. The first kappa shape index (κ1) is 5.61. The second-order valence-electron chi connectivity index (χ2n) is 2.53. The molecule has 0 bridgehead atoms. The third-order valence-electron chi connectivity index (χ3n) is 1.58. The van der Waals surface area contributed by atoms with Gasteiger partial charge >= 0.3 is 0 Å². The van der Waals surface area contributed by atoms with E-state index in [2.05, 4.69) is 25.7 Å². The molecule has 1 aliphatic rings. The molecule has 44 valence electrons. The van der Waals surface area contributed by atoms with Crippen LogP contribution in [0.2, 0.25) is 0 Å². The van der Waals surface area contributed by atoms with Crippen molar-refractivity contribution < 1.29 is 0 Å². The van der Waals surface area contributed by atoms with Crippen LogP contribution in [0.5, 0.6) is 0 Å². The number of allylic oxidation sites excluding steroid dienone is 3. The molecule has 0 aromatic rings. The van der Waals surface area contributed by atoms with Crippen LogP contribution in [0.3, 0.4) is 0 Å². The van der Waals surface area contributed by atoms with Crippen molar-refractivity contribution in [3.8, 4) is 0 Å². The second kappa shape index (κ2) is 2.17. The van der Waals surface area contributed by atoms with Gasteiger partial charge in [-0.15, -0.1) is 0 Å². The van der Waals surface area contributed by atoms with E-state index in [9.17, 15) is 0 Å². The molecule has 0 heterocycles. The first-order chi connectivity index (χ1) is 3.79. The third kappa shape index (κ3) is 1.22. The zero-order valence-electron chi connectivity index (χ0n) is 5.35. The summed E-state index contributed by atoms with van der Waals surface area (Å²) in [6.07, 6.45) is 6.84.